The molecule has 3 nitrogen and oxygen atoms in total. The summed E-state index contributed by atoms with van der Waals surface area (Å²) in [6.45, 7) is 1.43. The summed E-state index contributed by atoms with van der Waals surface area (Å²) in [6, 6.07) is 14.9. The number of rotatable bonds is 6. The lowest BCUT2D eigenvalue weighted by atomic mass is 10.0. The van der Waals surface area contributed by atoms with Gasteiger partial charge in [-0.2, -0.15) is 0 Å². The van der Waals surface area contributed by atoms with Crippen molar-refractivity contribution in [3.63, 3.8) is 0 Å². The fourth-order valence-electron chi connectivity index (χ4n) is 2.77. The maximum atomic E-state index is 13.0. The quantitative estimate of drug-likeness (QED) is 0.758. The highest BCUT2D eigenvalue weighted by molar-refractivity contribution is 5.63. The molecule has 0 aliphatic rings. The minimum Gasteiger partial charge on any atom is -0.330 e. The Balaban J connectivity index is 1.81. The fraction of sp³-hybridized carbons (Fsp3) is 0.211. The molecular formula is C19H20FN3. The van der Waals surface area contributed by atoms with Crippen molar-refractivity contribution in [3.8, 4) is 11.3 Å². The second kappa shape index (κ2) is 7.20. The Kier molecular flexibility index (Phi) is 4.83. The first-order chi connectivity index (χ1) is 11.3. The maximum Gasteiger partial charge on any atom is 0.123 e. The molecule has 0 saturated heterocycles. The number of nitrogens with zero attached hydrogens (tertiary/aromatic N) is 2. The number of nitrogens with two attached hydrogens (primary N) is 1. The van der Waals surface area contributed by atoms with E-state index in [1.807, 2.05) is 36.8 Å². The molecule has 0 aliphatic heterocycles. The van der Waals surface area contributed by atoms with Crippen LogP contribution in [0.25, 0.3) is 11.3 Å². The Bertz CT molecular complexity index is 762. The van der Waals surface area contributed by atoms with Crippen LogP contribution in [0.2, 0.25) is 0 Å². The molecule has 1 heterocycles. The second-order valence-corrected chi connectivity index (χ2v) is 5.54. The number of aryl methyl sites for hydroxylation is 2. The van der Waals surface area contributed by atoms with Crippen LogP contribution >= 0.6 is 0 Å². The Labute approximate surface area is 135 Å². The number of imidazole rings is 1. The maximum absolute atomic E-state index is 13.0. The molecule has 118 valence electrons. The van der Waals surface area contributed by atoms with Crippen molar-refractivity contribution in [1.82, 2.24) is 9.55 Å². The molecule has 3 rings (SSSR count). The predicted molar refractivity (Wildman–Crippen MR) is 90.5 cm³/mol. The van der Waals surface area contributed by atoms with Crippen LogP contribution in [0.15, 0.2) is 61.1 Å². The van der Waals surface area contributed by atoms with Gasteiger partial charge in [0.2, 0.25) is 0 Å². The molecule has 0 unspecified atom stereocenters. The Morgan fingerprint density at radius 1 is 1.00 bits per heavy atom. The van der Waals surface area contributed by atoms with Gasteiger partial charge in [-0.1, -0.05) is 36.4 Å². The van der Waals surface area contributed by atoms with Gasteiger partial charge < -0.3 is 10.3 Å². The minimum absolute atomic E-state index is 0.201. The van der Waals surface area contributed by atoms with Crippen LogP contribution in [0.4, 0.5) is 4.39 Å². The van der Waals surface area contributed by atoms with Gasteiger partial charge in [-0.3, -0.25) is 0 Å². The van der Waals surface area contributed by atoms with E-state index < -0.39 is 0 Å². The van der Waals surface area contributed by atoms with Crippen molar-refractivity contribution in [2.75, 3.05) is 6.54 Å². The van der Waals surface area contributed by atoms with E-state index >= 15 is 0 Å². The zero-order chi connectivity index (χ0) is 16.1. The van der Waals surface area contributed by atoms with Crippen molar-refractivity contribution in [2.24, 2.45) is 5.73 Å². The summed E-state index contributed by atoms with van der Waals surface area (Å²) in [5.74, 6) is -0.201. The minimum atomic E-state index is -0.201. The first-order valence-electron chi connectivity index (χ1n) is 7.81. The third-order valence-corrected chi connectivity index (χ3v) is 3.97. The molecule has 4 heteroatoms. The normalized spacial score (nSPS) is 10.9. The van der Waals surface area contributed by atoms with Gasteiger partial charge in [0.05, 0.1) is 18.2 Å². The number of hydrogen-bond donors (Lipinski definition) is 1. The van der Waals surface area contributed by atoms with Crippen LogP contribution in [0, 0.1) is 5.82 Å². The molecular weight excluding hydrogens is 289 g/mol. The molecule has 0 bridgehead atoms. The van der Waals surface area contributed by atoms with Gasteiger partial charge in [0.15, 0.2) is 0 Å². The zero-order valence-electron chi connectivity index (χ0n) is 13.0. The van der Waals surface area contributed by atoms with Gasteiger partial charge in [-0.15, -0.1) is 0 Å². The van der Waals surface area contributed by atoms with Crippen LogP contribution in [-0.4, -0.2) is 16.1 Å². The molecule has 0 amide bonds. The number of aromatic nitrogens is 2. The predicted octanol–water partition coefficient (Wildman–Crippen LogP) is 3.43. The summed E-state index contributed by atoms with van der Waals surface area (Å²) in [7, 11) is 0. The van der Waals surface area contributed by atoms with Gasteiger partial charge in [-0.05, 0) is 42.6 Å². The van der Waals surface area contributed by atoms with Gasteiger partial charge in [0.1, 0.15) is 5.82 Å². The third-order valence-electron chi connectivity index (χ3n) is 3.97. The summed E-state index contributed by atoms with van der Waals surface area (Å²) in [6.07, 6.45) is 5.42. The number of benzene rings is 2. The van der Waals surface area contributed by atoms with Crippen molar-refractivity contribution < 1.29 is 4.39 Å². The van der Waals surface area contributed by atoms with E-state index in [2.05, 4.69) is 21.7 Å². The molecule has 23 heavy (non-hydrogen) atoms. The Morgan fingerprint density at radius 3 is 2.57 bits per heavy atom. The summed E-state index contributed by atoms with van der Waals surface area (Å²) >= 11 is 0. The molecule has 1 aromatic heterocycles. The van der Waals surface area contributed by atoms with Gasteiger partial charge in [0, 0.05) is 12.1 Å². The van der Waals surface area contributed by atoms with Crippen molar-refractivity contribution in [3.05, 3.63) is 78.0 Å². The highest BCUT2D eigenvalue weighted by Gasteiger charge is 2.09. The van der Waals surface area contributed by atoms with Crippen LogP contribution < -0.4 is 5.73 Å². The zero-order valence-corrected chi connectivity index (χ0v) is 13.0. The average molecular weight is 309 g/mol. The Morgan fingerprint density at radius 2 is 1.78 bits per heavy atom. The van der Waals surface area contributed by atoms with Crippen LogP contribution in [0.5, 0.6) is 0 Å². The lowest BCUT2D eigenvalue weighted by molar-refractivity contribution is 0.625. The first-order valence-corrected chi connectivity index (χ1v) is 7.81. The second-order valence-electron chi connectivity index (χ2n) is 5.54. The smallest absolute Gasteiger partial charge is 0.123 e. The van der Waals surface area contributed by atoms with Gasteiger partial charge in [-0.25, -0.2) is 9.37 Å². The standard InChI is InChI=1S/C19H20FN3/c20-17-7-5-15(6-8-17)10-12-23-14-22-13-19(23)18-4-2-1-3-16(18)9-11-21/h1-8,13-14H,9-12,21H2. The summed E-state index contributed by atoms with van der Waals surface area (Å²) < 4.78 is 15.1. The van der Waals surface area contributed by atoms with Gasteiger partial charge in [0.25, 0.3) is 0 Å². The van der Waals surface area contributed by atoms with E-state index in [1.165, 1.54) is 23.3 Å². The fourth-order valence-corrected chi connectivity index (χ4v) is 2.77. The number of halogens is 1. The SMILES string of the molecule is NCCc1ccccc1-c1cncn1CCc1ccc(F)cc1. The van der Waals surface area contributed by atoms with Gasteiger partial charge >= 0.3 is 0 Å². The van der Waals surface area contributed by atoms with Crippen molar-refractivity contribution >= 4 is 0 Å². The highest BCUT2D eigenvalue weighted by Crippen LogP contribution is 2.24. The molecule has 0 saturated carbocycles. The summed E-state index contributed by atoms with van der Waals surface area (Å²) in [5, 5.41) is 0. The molecule has 0 spiro atoms. The van der Waals surface area contributed by atoms with Crippen LogP contribution in [0.3, 0.4) is 0 Å². The average Bonchev–Trinajstić information content (AvgIpc) is 3.03. The molecule has 3 aromatic rings. The van der Waals surface area contributed by atoms with E-state index in [4.69, 9.17) is 5.73 Å². The van der Waals surface area contributed by atoms with Crippen LogP contribution in [0.1, 0.15) is 11.1 Å². The monoisotopic (exact) mass is 309 g/mol. The third kappa shape index (κ3) is 3.66. The molecule has 2 aromatic carbocycles. The summed E-state index contributed by atoms with van der Waals surface area (Å²) in [4.78, 5) is 4.30. The van der Waals surface area contributed by atoms with E-state index in [1.54, 1.807) is 0 Å². The van der Waals surface area contributed by atoms with E-state index in [9.17, 15) is 4.39 Å². The lowest BCUT2D eigenvalue weighted by Gasteiger charge is -2.12. The van der Waals surface area contributed by atoms with E-state index in [-0.39, 0.29) is 5.82 Å². The highest BCUT2D eigenvalue weighted by atomic mass is 19.1. The molecule has 0 radical (unpaired) electrons. The molecule has 0 fully saturated rings. The lowest BCUT2D eigenvalue weighted by Crippen LogP contribution is -2.06. The molecule has 2 N–H and O–H groups in total. The van der Waals surface area contributed by atoms with E-state index in [0.717, 1.165) is 30.6 Å². The molecule has 0 atom stereocenters. The first kappa shape index (κ1) is 15.4. The molecule has 0 aliphatic carbocycles. The van der Waals surface area contributed by atoms with Crippen LogP contribution in [-0.2, 0) is 19.4 Å². The Hall–Kier alpha value is -2.46. The van der Waals surface area contributed by atoms with Crippen molar-refractivity contribution in [1.29, 1.82) is 0 Å². The van der Waals surface area contributed by atoms with E-state index in [0.29, 0.717) is 6.54 Å². The number of hydrogen-bond acceptors (Lipinski definition) is 2. The summed E-state index contributed by atoms with van der Waals surface area (Å²) in [5.41, 5.74) is 10.3. The largest absolute Gasteiger partial charge is 0.330 e. The topological polar surface area (TPSA) is 43.8 Å². The van der Waals surface area contributed by atoms with Crippen molar-refractivity contribution in [2.45, 2.75) is 19.4 Å².